The number of nitrogens with one attached hydrogen (secondary N) is 2. The van der Waals surface area contributed by atoms with Gasteiger partial charge in [-0.1, -0.05) is 18.5 Å². The quantitative estimate of drug-likeness (QED) is 0.890. The zero-order valence-electron chi connectivity index (χ0n) is 11.5. The molecule has 5 nitrogen and oxygen atoms in total. The molecule has 2 aromatic rings. The second-order valence-corrected chi connectivity index (χ2v) is 4.88. The van der Waals surface area contributed by atoms with Crippen LogP contribution in [0.5, 0.6) is 0 Å². The smallest absolute Gasteiger partial charge is 0.224 e. The monoisotopic (exact) mass is 292 g/mol. The first-order valence-electron chi connectivity index (χ1n) is 6.39. The third-order valence-corrected chi connectivity index (χ3v) is 3.14. The number of hydrogen-bond acceptors (Lipinski definition) is 3. The highest BCUT2D eigenvalue weighted by Crippen LogP contribution is 2.26. The van der Waals surface area contributed by atoms with Crippen LogP contribution in [0.4, 0.5) is 11.4 Å². The Bertz CT molecular complexity index is 609. The molecule has 0 fully saturated rings. The van der Waals surface area contributed by atoms with Crippen molar-refractivity contribution < 1.29 is 4.79 Å². The van der Waals surface area contributed by atoms with Crippen LogP contribution < -0.4 is 10.6 Å². The third kappa shape index (κ3) is 3.74. The molecule has 0 saturated carbocycles. The molecule has 0 aliphatic carbocycles. The minimum absolute atomic E-state index is 0.0227. The maximum atomic E-state index is 11.4. The Hall–Kier alpha value is -2.01. The summed E-state index contributed by atoms with van der Waals surface area (Å²) in [6.07, 6.45) is 4.17. The highest BCUT2D eigenvalue weighted by atomic mass is 35.5. The summed E-state index contributed by atoms with van der Waals surface area (Å²) >= 11 is 6.14. The van der Waals surface area contributed by atoms with Crippen LogP contribution in [0.25, 0.3) is 0 Å². The summed E-state index contributed by atoms with van der Waals surface area (Å²) in [6, 6.07) is 5.37. The Kier molecular flexibility index (Phi) is 4.63. The van der Waals surface area contributed by atoms with Crippen LogP contribution in [0.1, 0.15) is 18.9 Å². The van der Waals surface area contributed by atoms with Gasteiger partial charge in [0.25, 0.3) is 0 Å². The highest BCUT2D eigenvalue weighted by molar-refractivity contribution is 6.33. The molecule has 0 unspecified atom stereocenters. The van der Waals surface area contributed by atoms with Crippen molar-refractivity contribution in [3.05, 3.63) is 41.2 Å². The van der Waals surface area contributed by atoms with Gasteiger partial charge in [0.05, 0.1) is 16.9 Å². The largest absolute Gasteiger partial charge is 0.380 e. The van der Waals surface area contributed by atoms with Gasteiger partial charge in [0, 0.05) is 37.5 Å². The molecule has 0 aliphatic rings. The zero-order valence-corrected chi connectivity index (χ0v) is 12.2. The van der Waals surface area contributed by atoms with Crippen LogP contribution in [-0.4, -0.2) is 15.7 Å². The fourth-order valence-electron chi connectivity index (χ4n) is 1.75. The van der Waals surface area contributed by atoms with E-state index in [-0.39, 0.29) is 5.91 Å². The highest BCUT2D eigenvalue weighted by Gasteiger charge is 2.05. The summed E-state index contributed by atoms with van der Waals surface area (Å²) in [6.45, 7) is 2.44. The maximum absolute atomic E-state index is 11.4. The lowest BCUT2D eigenvalue weighted by Gasteiger charge is -2.10. The molecule has 0 saturated heterocycles. The Morgan fingerprint density at radius 2 is 2.25 bits per heavy atom. The average Bonchev–Trinajstić information content (AvgIpc) is 2.85. The van der Waals surface area contributed by atoms with Gasteiger partial charge in [-0.3, -0.25) is 9.48 Å². The number of amides is 1. The molecule has 1 aromatic heterocycles. The van der Waals surface area contributed by atoms with Gasteiger partial charge in [0.1, 0.15) is 0 Å². The van der Waals surface area contributed by atoms with E-state index in [4.69, 9.17) is 11.6 Å². The van der Waals surface area contributed by atoms with Crippen LogP contribution in [0.2, 0.25) is 5.02 Å². The second kappa shape index (κ2) is 6.43. The van der Waals surface area contributed by atoms with Crippen LogP contribution in [0.3, 0.4) is 0 Å². The molecule has 1 heterocycles. The summed E-state index contributed by atoms with van der Waals surface area (Å²) in [4.78, 5) is 11.4. The summed E-state index contributed by atoms with van der Waals surface area (Å²) in [7, 11) is 1.87. The van der Waals surface area contributed by atoms with Gasteiger partial charge in [0.2, 0.25) is 5.91 Å². The van der Waals surface area contributed by atoms with Crippen molar-refractivity contribution in [3.63, 3.8) is 0 Å². The molecule has 2 N–H and O–H groups in total. The fraction of sp³-hybridized carbons (Fsp3) is 0.286. The molecule has 0 atom stereocenters. The van der Waals surface area contributed by atoms with E-state index in [1.54, 1.807) is 23.0 Å². The van der Waals surface area contributed by atoms with Gasteiger partial charge < -0.3 is 10.6 Å². The molecule has 0 bridgehead atoms. The predicted octanol–water partition coefficient (Wildman–Crippen LogP) is 3.03. The molecule has 0 radical (unpaired) electrons. The van der Waals surface area contributed by atoms with Crippen LogP contribution in [0, 0.1) is 0 Å². The lowest BCUT2D eigenvalue weighted by Crippen LogP contribution is -2.09. The number of rotatable bonds is 5. The van der Waals surface area contributed by atoms with Gasteiger partial charge in [-0.2, -0.15) is 5.10 Å². The van der Waals surface area contributed by atoms with Crippen molar-refractivity contribution >= 4 is 28.9 Å². The Morgan fingerprint density at radius 3 is 2.90 bits per heavy atom. The van der Waals surface area contributed by atoms with Gasteiger partial charge in [-0.15, -0.1) is 0 Å². The van der Waals surface area contributed by atoms with Crippen LogP contribution >= 0.6 is 11.6 Å². The van der Waals surface area contributed by atoms with Crippen molar-refractivity contribution in [1.29, 1.82) is 0 Å². The molecule has 20 heavy (non-hydrogen) atoms. The summed E-state index contributed by atoms with van der Waals surface area (Å²) in [5.41, 5.74) is 2.57. The molecule has 1 amide bonds. The number of aromatic nitrogens is 2. The minimum atomic E-state index is -0.0227. The van der Waals surface area contributed by atoms with E-state index in [2.05, 4.69) is 15.7 Å². The van der Waals surface area contributed by atoms with Crippen molar-refractivity contribution in [2.24, 2.45) is 7.05 Å². The van der Waals surface area contributed by atoms with E-state index in [9.17, 15) is 4.79 Å². The van der Waals surface area contributed by atoms with Gasteiger partial charge in [0.15, 0.2) is 0 Å². The van der Waals surface area contributed by atoms with E-state index in [0.717, 1.165) is 16.9 Å². The second-order valence-electron chi connectivity index (χ2n) is 4.47. The molecule has 106 valence electrons. The van der Waals surface area contributed by atoms with E-state index in [1.807, 2.05) is 26.2 Å². The minimum Gasteiger partial charge on any atom is -0.380 e. The van der Waals surface area contributed by atoms with Crippen LogP contribution in [-0.2, 0) is 18.4 Å². The van der Waals surface area contributed by atoms with Gasteiger partial charge in [-0.25, -0.2) is 0 Å². The number of carbonyl (C=O) groups excluding carboxylic acids is 1. The first kappa shape index (κ1) is 14.4. The molecular weight excluding hydrogens is 276 g/mol. The maximum Gasteiger partial charge on any atom is 0.224 e. The summed E-state index contributed by atoms with van der Waals surface area (Å²) < 4.78 is 1.75. The molecular formula is C14H17ClN4O. The number of hydrogen-bond donors (Lipinski definition) is 2. The Balaban J connectivity index is 2.06. The van der Waals surface area contributed by atoms with E-state index < -0.39 is 0 Å². The SMILES string of the molecule is CCC(=O)Nc1ccc(Cl)c(NCc2cnn(C)c2)c1. The number of anilines is 2. The predicted molar refractivity (Wildman–Crippen MR) is 80.9 cm³/mol. The first-order chi connectivity index (χ1) is 9.58. The van der Waals surface area contributed by atoms with E-state index in [1.165, 1.54) is 0 Å². The normalized spacial score (nSPS) is 10.3. The molecule has 2 rings (SSSR count). The van der Waals surface area contributed by atoms with Crippen molar-refractivity contribution in [2.45, 2.75) is 19.9 Å². The zero-order chi connectivity index (χ0) is 14.5. The summed E-state index contributed by atoms with van der Waals surface area (Å²) in [5, 5.41) is 10.8. The Morgan fingerprint density at radius 1 is 1.45 bits per heavy atom. The first-order valence-corrected chi connectivity index (χ1v) is 6.77. The average molecular weight is 293 g/mol. The molecule has 0 spiro atoms. The van der Waals surface area contributed by atoms with Crippen molar-refractivity contribution in [1.82, 2.24) is 9.78 Å². The lowest BCUT2D eigenvalue weighted by molar-refractivity contribution is -0.115. The number of aryl methyl sites for hydroxylation is 1. The number of benzene rings is 1. The Labute approximate surface area is 122 Å². The topological polar surface area (TPSA) is 59.0 Å². The lowest BCUT2D eigenvalue weighted by atomic mass is 10.2. The number of nitrogens with zero attached hydrogens (tertiary/aromatic N) is 2. The van der Waals surface area contributed by atoms with Crippen LogP contribution in [0.15, 0.2) is 30.6 Å². The summed E-state index contributed by atoms with van der Waals surface area (Å²) in [5.74, 6) is -0.0227. The fourth-order valence-corrected chi connectivity index (χ4v) is 1.93. The van der Waals surface area contributed by atoms with E-state index in [0.29, 0.717) is 18.0 Å². The molecule has 6 heteroatoms. The molecule has 1 aromatic carbocycles. The van der Waals surface area contributed by atoms with Crippen molar-refractivity contribution in [3.8, 4) is 0 Å². The standard InChI is InChI=1S/C14H17ClN4O/c1-3-14(20)18-11-4-5-12(15)13(6-11)16-7-10-8-17-19(2)9-10/h4-6,8-9,16H,3,7H2,1-2H3,(H,18,20). The molecule has 0 aliphatic heterocycles. The third-order valence-electron chi connectivity index (χ3n) is 2.81. The van der Waals surface area contributed by atoms with Gasteiger partial charge in [-0.05, 0) is 18.2 Å². The van der Waals surface area contributed by atoms with E-state index >= 15 is 0 Å². The van der Waals surface area contributed by atoms with Crippen molar-refractivity contribution in [2.75, 3.05) is 10.6 Å². The number of halogens is 1. The van der Waals surface area contributed by atoms with Gasteiger partial charge >= 0.3 is 0 Å². The number of carbonyl (C=O) groups is 1.